The standard InChI is InChI=1S/C20H25N3O4/c1-14(2)27-18-7-5-17(6-8-18)23-20(25)16-11-15(12-21-13-16)19(24)22-9-4-10-26-3/h5-8,11-14H,4,9-10H2,1-3H3,(H,22,24)(H,23,25). The molecule has 2 aromatic rings. The first-order valence-corrected chi connectivity index (χ1v) is 8.80. The van der Waals surface area contributed by atoms with Crippen molar-refractivity contribution in [3.05, 3.63) is 53.9 Å². The summed E-state index contributed by atoms with van der Waals surface area (Å²) in [7, 11) is 1.61. The van der Waals surface area contributed by atoms with Crippen LogP contribution in [0.5, 0.6) is 5.75 Å². The lowest BCUT2D eigenvalue weighted by Gasteiger charge is -2.11. The van der Waals surface area contributed by atoms with Crippen LogP contribution >= 0.6 is 0 Å². The van der Waals surface area contributed by atoms with Gasteiger partial charge in [-0.1, -0.05) is 0 Å². The molecule has 7 nitrogen and oxygen atoms in total. The lowest BCUT2D eigenvalue weighted by molar-refractivity contribution is 0.0948. The van der Waals surface area contributed by atoms with Gasteiger partial charge in [0.15, 0.2) is 0 Å². The van der Waals surface area contributed by atoms with Crippen molar-refractivity contribution in [1.29, 1.82) is 0 Å². The van der Waals surface area contributed by atoms with E-state index in [9.17, 15) is 9.59 Å². The minimum absolute atomic E-state index is 0.0832. The van der Waals surface area contributed by atoms with Gasteiger partial charge in [-0.25, -0.2) is 0 Å². The summed E-state index contributed by atoms with van der Waals surface area (Å²) in [6, 6.07) is 8.62. The normalized spacial score (nSPS) is 10.5. The largest absolute Gasteiger partial charge is 0.491 e. The van der Waals surface area contributed by atoms with Crippen molar-refractivity contribution in [2.75, 3.05) is 25.6 Å². The predicted molar refractivity (Wildman–Crippen MR) is 103 cm³/mol. The lowest BCUT2D eigenvalue weighted by Crippen LogP contribution is -2.25. The summed E-state index contributed by atoms with van der Waals surface area (Å²) >= 11 is 0. The number of pyridine rings is 1. The molecule has 0 radical (unpaired) electrons. The second-order valence-corrected chi connectivity index (χ2v) is 6.21. The van der Waals surface area contributed by atoms with E-state index in [0.717, 1.165) is 5.75 Å². The molecule has 2 rings (SSSR count). The molecule has 0 aliphatic carbocycles. The van der Waals surface area contributed by atoms with E-state index in [1.807, 2.05) is 13.8 Å². The Labute approximate surface area is 159 Å². The van der Waals surface area contributed by atoms with Gasteiger partial charge in [0.05, 0.1) is 17.2 Å². The van der Waals surface area contributed by atoms with E-state index in [0.29, 0.717) is 36.4 Å². The number of nitrogens with zero attached hydrogens (tertiary/aromatic N) is 1. The number of amides is 2. The zero-order valence-corrected chi connectivity index (χ0v) is 15.8. The van der Waals surface area contributed by atoms with Crippen molar-refractivity contribution in [2.24, 2.45) is 0 Å². The van der Waals surface area contributed by atoms with Crippen LogP contribution in [0.1, 0.15) is 41.0 Å². The van der Waals surface area contributed by atoms with Gasteiger partial charge in [0, 0.05) is 38.3 Å². The van der Waals surface area contributed by atoms with Crippen LogP contribution in [-0.2, 0) is 4.74 Å². The fourth-order valence-corrected chi connectivity index (χ4v) is 2.30. The van der Waals surface area contributed by atoms with Gasteiger partial charge in [-0.3, -0.25) is 14.6 Å². The molecule has 7 heteroatoms. The molecular weight excluding hydrogens is 346 g/mol. The van der Waals surface area contributed by atoms with Gasteiger partial charge in [0.1, 0.15) is 5.75 Å². The number of hydrogen-bond acceptors (Lipinski definition) is 5. The highest BCUT2D eigenvalue weighted by atomic mass is 16.5. The third kappa shape index (κ3) is 6.71. The molecule has 0 fully saturated rings. The zero-order valence-electron chi connectivity index (χ0n) is 15.8. The van der Waals surface area contributed by atoms with Crippen molar-refractivity contribution in [3.8, 4) is 5.75 Å². The Morgan fingerprint density at radius 2 is 1.74 bits per heavy atom. The molecule has 0 saturated heterocycles. The summed E-state index contributed by atoms with van der Waals surface area (Å²) in [6.45, 7) is 4.96. The van der Waals surface area contributed by atoms with E-state index in [1.165, 1.54) is 18.5 Å². The number of carbonyl (C=O) groups excluding carboxylic acids is 2. The van der Waals surface area contributed by atoms with Crippen LogP contribution in [-0.4, -0.2) is 43.2 Å². The summed E-state index contributed by atoms with van der Waals surface area (Å²) in [6.07, 6.45) is 3.65. The van der Waals surface area contributed by atoms with Gasteiger partial charge >= 0.3 is 0 Å². The topological polar surface area (TPSA) is 89.5 Å². The quantitative estimate of drug-likeness (QED) is 0.662. The smallest absolute Gasteiger partial charge is 0.257 e. The SMILES string of the molecule is COCCCNC(=O)c1cncc(C(=O)Nc2ccc(OC(C)C)cc2)c1. The Balaban J connectivity index is 1.97. The lowest BCUT2D eigenvalue weighted by atomic mass is 10.1. The number of rotatable bonds is 9. The van der Waals surface area contributed by atoms with Crippen LogP contribution in [0.4, 0.5) is 5.69 Å². The predicted octanol–water partition coefficient (Wildman–Crippen LogP) is 2.89. The Hall–Kier alpha value is -2.93. The number of carbonyl (C=O) groups is 2. The first-order chi connectivity index (χ1) is 13.0. The van der Waals surface area contributed by atoms with Crippen molar-refractivity contribution in [1.82, 2.24) is 10.3 Å². The summed E-state index contributed by atoms with van der Waals surface area (Å²) in [5.41, 5.74) is 1.27. The molecule has 0 aliphatic rings. The minimum Gasteiger partial charge on any atom is -0.491 e. The highest BCUT2D eigenvalue weighted by molar-refractivity contribution is 6.05. The van der Waals surface area contributed by atoms with Crippen LogP contribution in [0, 0.1) is 0 Å². The van der Waals surface area contributed by atoms with E-state index >= 15 is 0 Å². The van der Waals surface area contributed by atoms with Crippen molar-refractivity contribution >= 4 is 17.5 Å². The summed E-state index contributed by atoms with van der Waals surface area (Å²) in [4.78, 5) is 28.5. The Kier molecular flexibility index (Phi) is 7.76. The average molecular weight is 371 g/mol. The maximum atomic E-state index is 12.4. The van der Waals surface area contributed by atoms with Crippen LogP contribution < -0.4 is 15.4 Å². The number of methoxy groups -OCH3 is 1. The molecule has 27 heavy (non-hydrogen) atoms. The molecule has 0 unspecified atom stereocenters. The number of aromatic nitrogens is 1. The second kappa shape index (κ2) is 10.3. The molecule has 0 bridgehead atoms. The van der Waals surface area contributed by atoms with Crippen LogP contribution in [0.15, 0.2) is 42.7 Å². The van der Waals surface area contributed by atoms with E-state index in [1.54, 1.807) is 31.4 Å². The van der Waals surface area contributed by atoms with Gasteiger partial charge in [-0.05, 0) is 50.6 Å². The summed E-state index contributed by atoms with van der Waals surface area (Å²) < 4.78 is 10.5. The Morgan fingerprint density at radius 3 is 2.37 bits per heavy atom. The fourth-order valence-electron chi connectivity index (χ4n) is 2.30. The van der Waals surface area contributed by atoms with Crippen LogP contribution in [0.3, 0.4) is 0 Å². The van der Waals surface area contributed by atoms with E-state index in [4.69, 9.17) is 9.47 Å². The number of benzene rings is 1. The zero-order chi connectivity index (χ0) is 19.6. The number of hydrogen-bond donors (Lipinski definition) is 2. The summed E-state index contributed by atoms with van der Waals surface area (Å²) in [5.74, 6) is 0.120. The molecule has 1 heterocycles. The monoisotopic (exact) mass is 371 g/mol. The Morgan fingerprint density at radius 1 is 1.07 bits per heavy atom. The molecule has 2 N–H and O–H groups in total. The molecule has 2 amide bonds. The van der Waals surface area contributed by atoms with Crippen LogP contribution in [0.2, 0.25) is 0 Å². The third-order valence-corrected chi connectivity index (χ3v) is 3.56. The molecular formula is C20H25N3O4. The second-order valence-electron chi connectivity index (χ2n) is 6.21. The first-order valence-electron chi connectivity index (χ1n) is 8.80. The van der Waals surface area contributed by atoms with Crippen LogP contribution in [0.25, 0.3) is 0 Å². The Bertz CT molecular complexity index is 760. The van der Waals surface area contributed by atoms with Crippen molar-refractivity contribution in [2.45, 2.75) is 26.4 Å². The molecule has 0 spiro atoms. The maximum absolute atomic E-state index is 12.4. The average Bonchev–Trinajstić information content (AvgIpc) is 2.66. The van der Waals surface area contributed by atoms with Gasteiger partial charge in [-0.15, -0.1) is 0 Å². The van der Waals surface area contributed by atoms with Gasteiger partial charge in [-0.2, -0.15) is 0 Å². The summed E-state index contributed by atoms with van der Waals surface area (Å²) in [5, 5.41) is 5.55. The third-order valence-electron chi connectivity index (χ3n) is 3.56. The van der Waals surface area contributed by atoms with Gasteiger partial charge in [0.25, 0.3) is 11.8 Å². The molecule has 1 aromatic carbocycles. The van der Waals surface area contributed by atoms with E-state index in [2.05, 4.69) is 15.6 Å². The van der Waals surface area contributed by atoms with Crippen molar-refractivity contribution in [3.63, 3.8) is 0 Å². The highest BCUT2D eigenvalue weighted by Gasteiger charge is 2.11. The molecule has 1 aromatic heterocycles. The molecule has 0 saturated carbocycles. The van der Waals surface area contributed by atoms with Gasteiger partial charge < -0.3 is 20.1 Å². The van der Waals surface area contributed by atoms with Gasteiger partial charge in [0.2, 0.25) is 0 Å². The molecule has 0 atom stereocenters. The van der Waals surface area contributed by atoms with E-state index in [-0.39, 0.29) is 17.9 Å². The maximum Gasteiger partial charge on any atom is 0.257 e. The van der Waals surface area contributed by atoms with Crippen molar-refractivity contribution < 1.29 is 19.1 Å². The number of ether oxygens (including phenoxy) is 2. The molecule has 144 valence electrons. The molecule has 0 aliphatic heterocycles. The number of anilines is 1. The van der Waals surface area contributed by atoms with E-state index < -0.39 is 0 Å². The highest BCUT2D eigenvalue weighted by Crippen LogP contribution is 2.17. The minimum atomic E-state index is -0.339. The first kappa shape index (κ1) is 20.4. The number of nitrogens with one attached hydrogen (secondary N) is 2. The fraction of sp³-hybridized carbons (Fsp3) is 0.350.